The number of carbonyl (C=O) groups is 1. The smallest absolute Gasteiger partial charge is 0.327 e. The third kappa shape index (κ3) is 4.00. The van der Waals surface area contributed by atoms with E-state index in [9.17, 15) is 18.3 Å². The number of hydrogen-bond acceptors (Lipinski definition) is 4. The van der Waals surface area contributed by atoms with Gasteiger partial charge in [-0.1, -0.05) is 29.3 Å². The van der Waals surface area contributed by atoms with Crippen molar-refractivity contribution in [1.82, 2.24) is 0 Å². The maximum absolute atomic E-state index is 13.1. The van der Waals surface area contributed by atoms with Gasteiger partial charge in [0.1, 0.15) is 11.8 Å². The Morgan fingerprint density at radius 2 is 1.84 bits per heavy atom. The van der Waals surface area contributed by atoms with E-state index in [1.807, 2.05) is 0 Å². The van der Waals surface area contributed by atoms with Crippen molar-refractivity contribution in [1.29, 1.82) is 0 Å². The Bertz CT molecular complexity index is 901. The first-order chi connectivity index (χ1) is 11.7. The maximum atomic E-state index is 13.1. The van der Waals surface area contributed by atoms with Gasteiger partial charge >= 0.3 is 5.97 Å². The number of aliphatic carboxylic acids is 1. The fourth-order valence-electron chi connectivity index (χ4n) is 2.17. The third-order valence-corrected chi connectivity index (χ3v) is 6.10. The quantitative estimate of drug-likeness (QED) is 0.794. The number of halogens is 2. The van der Waals surface area contributed by atoms with Crippen molar-refractivity contribution in [3.05, 3.63) is 52.5 Å². The van der Waals surface area contributed by atoms with Crippen molar-refractivity contribution >= 4 is 44.9 Å². The van der Waals surface area contributed by atoms with Crippen LogP contribution < -0.4 is 9.04 Å². The number of hydrogen-bond donors (Lipinski definition) is 1. The Morgan fingerprint density at radius 1 is 1.16 bits per heavy atom. The van der Waals surface area contributed by atoms with E-state index in [-0.39, 0.29) is 20.6 Å². The first-order valence-electron chi connectivity index (χ1n) is 7.05. The molecule has 0 bridgehead atoms. The Morgan fingerprint density at radius 3 is 2.40 bits per heavy atom. The highest BCUT2D eigenvalue weighted by molar-refractivity contribution is 7.93. The summed E-state index contributed by atoms with van der Waals surface area (Å²) in [7, 11) is -2.78. The second-order valence-corrected chi connectivity index (χ2v) is 7.72. The summed E-state index contributed by atoms with van der Waals surface area (Å²) in [6, 6.07) is 8.55. The van der Waals surface area contributed by atoms with E-state index >= 15 is 0 Å². The molecule has 0 heterocycles. The molecule has 0 saturated carbocycles. The number of carboxylic acid groups (broad SMARTS) is 1. The van der Waals surface area contributed by atoms with Gasteiger partial charge in [0, 0.05) is 6.07 Å². The summed E-state index contributed by atoms with van der Waals surface area (Å²) in [5, 5.41) is 9.61. The lowest BCUT2D eigenvalue weighted by atomic mass is 10.2. The van der Waals surface area contributed by atoms with Crippen LogP contribution in [0.3, 0.4) is 0 Å². The van der Waals surface area contributed by atoms with Crippen molar-refractivity contribution in [3.63, 3.8) is 0 Å². The molecule has 0 saturated heterocycles. The van der Waals surface area contributed by atoms with Crippen LogP contribution in [0.25, 0.3) is 0 Å². The highest BCUT2D eigenvalue weighted by Gasteiger charge is 2.33. The highest BCUT2D eigenvalue weighted by Crippen LogP contribution is 2.32. The molecule has 0 spiro atoms. The van der Waals surface area contributed by atoms with E-state index in [2.05, 4.69) is 0 Å². The summed E-state index contributed by atoms with van der Waals surface area (Å²) >= 11 is 11.7. The number of benzene rings is 2. The molecule has 134 valence electrons. The van der Waals surface area contributed by atoms with E-state index in [0.29, 0.717) is 5.75 Å². The number of anilines is 1. The number of rotatable bonds is 6. The second-order valence-electron chi connectivity index (χ2n) is 5.09. The van der Waals surface area contributed by atoms with Gasteiger partial charge in [0.2, 0.25) is 0 Å². The van der Waals surface area contributed by atoms with Gasteiger partial charge in [-0.15, -0.1) is 0 Å². The summed E-state index contributed by atoms with van der Waals surface area (Å²) in [6.07, 6.45) is 0. The fraction of sp³-hybridized carbons (Fsp3) is 0.188. The van der Waals surface area contributed by atoms with Crippen LogP contribution in [0.2, 0.25) is 10.0 Å². The molecule has 6 nitrogen and oxygen atoms in total. The molecule has 0 fully saturated rings. The van der Waals surface area contributed by atoms with Crippen LogP contribution in [0, 0.1) is 0 Å². The Hall–Kier alpha value is -1.96. The zero-order valence-electron chi connectivity index (χ0n) is 13.3. The van der Waals surface area contributed by atoms with Crippen LogP contribution in [-0.2, 0) is 14.8 Å². The van der Waals surface area contributed by atoms with Crippen LogP contribution in [0.4, 0.5) is 5.69 Å². The van der Waals surface area contributed by atoms with Gasteiger partial charge in [-0.05, 0) is 37.3 Å². The largest absolute Gasteiger partial charge is 0.497 e. The van der Waals surface area contributed by atoms with E-state index in [1.54, 1.807) is 12.1 Å². The Labute approximate surface area is 155 Å². The van der Waals surface area contributed by atoms with Gasteiger partial charge in [0.25, 0.3) is 10.0 Å². The Kier molecular flexibility index (Phi) is 5.82. The van der Waals surface area contributed by atoms with Crippen molar-refractivity contribution in [2.24, 2.45) is 0 Å². The standard InChI is InChI=1S/C16H15Cl2NO5S/c1-10(16(20)21)19(11-4-3-5-12(8-11)24-2)25(22,23)13-6-7-14(17)15(18)9-13/h3-10H,1-2H3,(H,20,21). The van der Waals surface area contributed by atoms with Crippen molar-refractivity contribution in [3.8, 4) is 5.75 Å². The third-order valence-electron chi connectivity index (χ3n) is 3.46. The molecule has 0 aliphatic rings. The highest BCUT2D eigenvalue weighted by atomic mass is 35.5. The number of ether oxygens (including phenoxy) is 1. The average Bonchev–Trinajstić information content (AvgIpc) is 2.57. The zero-order valence-corrected chi connectivity index (χ0v) is 15.6. The second kappa shape index (κ2) is 7.51. The molecule has 1 atom stereocenters. The monoisotopic (exact) mass is 403 g/mol. The van der Waals surface area contributed by atoms with Gasteiger partial charge < -0.3 is 9.84 Å². The average molecular weight is 404 g/mol. The Balaban J connectivity index is 2.65. The minimum atomic E-state index is -4.21. The van der Waals surface area contributed by atoms with Crippen molar-refractivity contribution in [2.45, 2.75) is 17.9 Å². The van der Waals surface area contributed by atoms with Crippen molar-refractivity contribution in [2.75, 3.05) is 11.4 Å². The summed E-state index contributed by atoms with van der Waals surface area (Å²) in [4.78, 5) is 11.3. The first kappa shape index (κ1) is 19.4. The lowest BCUT2D eigenvalue weighted by molar-refractivity contribution is -0.137. The summed E-state index contributed by atoms with van der Waals surface area (Å²) in [6.45, 7) is 1.27. The number of sulfonamides is 1. The van der Waals surface area contributed by atoms with Crippen LogP contribution in [0.15, 0.2) is 47.4 Å². The predicted molar refractivity (Wildman–Crippen MR) is 96.2 cm³/mol. The number of carboxylic acids is 1. The molecule has 9 heteroatoms. The lowest BCUT2D eigenvalue weighted by Crippen LogP contribution is -2.43. The molecule has 0 aliphatic carbocycles. The molecule has 0 aliphatic heterocycles. The topological polar surface area (TPSA) is 83.9 Å². The van der Waals surface area contributed by atoms with E-state index in [1.165, 1.54) is 44.4 Å². The molecule has 2 aromatic carbocycles. The summed E-state index contributed by atoms with van der Waals surface area (Å²) in [5.41, 5.74) is 0.153. The summed E-state index contributed by atoms with van der Waals surface area (Å²) < 4.78 is 32.0. The van der Waals surface area contributed by atoms with Crippen LogP contribution >= 0.6 is 23.2 Å². The molecular weight excluding hydrogens is 389 g/mol. The number of methoxy groups -OCH3 is 1. The minimum absolute atomic E-state index is 0.0521. The molecule has 0 amide bonds. The van der Waals surface area contributed by atoms with Crippen LogP contribution in [-0.4, -0.2) is 32.6 Å². The first-order valence-corrected chi connectivity index (χ1v) is 9.24. The van der Waals surface area contributed by atoms with E-state index in [0.717, 1.165) is 4.31 Å². The van der Waals surface area contributed by atoms with Crippen molar-refractivity contribution < 1.29 is 23.1 Å². The normalized spacial score (nSPS) is 12.5. The van der Waals surface area contributed by atoms with Gasteiger partial charge in [-0.25, -0.2) is 13.2 Å². The van der Waals surface area contributed by atoms with Crippen LogP contribution in [0.1, 0.15) is 6.92 Å². The summed E-state index contributed by atoms with van der Waals surface area (Å²) in [5.74, 6) is -0.907. The maximum Gasteiger partial charge on any atom is 0.327 e. The predicted octanol–water partition coefficient (Wildman–Crippen LogP) is 3.67. The minimum Gasteiger partial charge on any atom is -0.497 e. The molecule has 1 N–H and O–H groups in total. The molecule has 1 unspecified atom stereocenters. The van der Waals surface area contributed by atoms with E-state index in [4.69, 9.17) is 27.9 Å². The van der Waals surface area contributed by atoms with Gasteiger partial charge in [-0.3, -0.25) is 4.31 Å². The molecular formula is C16H15Cl2NO5S. The molecule has 2 aromatic rings. The molecule has 25 heavy (non-hydrogen) atoms. The van der Waals surface area contributed by atoms with E-state index < -0.39 is 22.0 Å². The SMILES string of the molecule is COc1cccc(N(C(C)C(=O)O)S(=O)(=O)c2ccc(Cl)c(Cl)c2)c1. The van der Waals surface area contributed by atoms with Gasteiger partial charge in [-0.2, -0.15) is 0 Å². The molecule has 2 rings (SSSR count). The molecule has 0 aromatic heterocycles. The van der Waals surface area contributed by atoms with Gasteiger partial charge in [0.05, 0.1) is 27.7 Å². The van der Waals surface area contributed by atoms with Gasteiger partial charge in [0.15, 0.2) is 0 Å². The number of nitrogens with zero attached hydrogens (tertiary/aromatic N) is 1. The zero-order chi connectivity index (χ0) is 18.8. The van der Waals surface area contributed by atoms with Crippen LogP contribution in [0.5, 0.6) is 5.75 Å². The lowest BCUT2D eigenvalue weighted by Gasteiger charge is -2.28. The molecule has 0 radical (unpaired) electrons. The fourth-order valence-corrected chi connectivity index (χ4v) is 4.16.